The largest absolute Gasteiger partial charge is 0.399 e. The van der Waals surface area contributed by atoms with Gasteiger partial charge in [-0.1, -0.05) is 23.2 Å². The van der Waals surface area contributed by atoms with E-state index < -0.39 is 0 Å². The highest BCUT2D eigenvalue weighted by atomic mass is 35.5. The van der Waals surface area contributed by atoms with Crippen molar-refractivity contribution in [3.63, 3.8) is 0 Å². The third kappa shape index (κ3) is 3.80. The van der Waals surface area contributed by atoms with Crippen LogP contribution in [-0.2, 0) is 4.79 Å². The zero-order valence-corrected chi connectivity index (χ0v) is 13.3. The summed E-state index contributed by atoms with van der Waals surface area (Å²) in [5.41, 5.74) is 6.46. The van der Waals surface area contributed by atoms with Gasteiger partial charge in [-0.3, -0.25) is 9.69 Å². The standard InChI is InChI=1S/C14H19Cl2N3O2/c1-8(19-3-2-9(6-19)7-20)14(21)18-13-11(15)4-10(17)5-12(13)16/h4-5,8-9,20H,2-3,6-7,17H2,1H3,(H,18,21). The van der Waals surface area contributed by atoms with Crippen LogP contribution in [0.25, 0.3) is 0 Å². The first-order chi connectivity index (χ1) is 9.92. The predicted molar refractivity (Wildman–Crippen MR) is 85.7 cm³/mol. The first-order valence-electron chi connectivity index (χ1n) is 6.82. The van der Waals surface area contributed by atoms with Gasteiger partial charge in [0.15, 0.2) is 0 Å². The van der Waals surface area contributed by atoms with Crippen LogP contribution >= 0.6 is 23.2 Å². The molecule has 1 aromatic carbocycles. The molecule has 1 aliphatic rings. The van der Waals surface area contributed by atoms with Crippen LogP contribution in [0.15, 0.2) is 12.1 Å². The van der Waals surface area contributed by atoms with Crippen molar-refractivity contribution in [3.8, 4) is 0 Å². The van der Waals surface area contributed by atoms with Crippen LogP contribution in [0.4, 0.5) is 11.4 Å². The van der Waals surface area contributed by atoms with E-state index in [1.807, 2.05) is 11.8 Å². The van der Waals surface area contributed by atoms with Crippen LogP contribution in [0.2, 0.25) is 10.0 Å². The molecule has 2 unspecified atom stereocenters. The van der Waals surface area contributed by atoms with Gasteiger partial charge >= 0.3 is 0 Å². The molecule has 0 spiro atoms. The highest BCUT2D eigenvalue weighted by molar-refractivity contribution is 6.40. The molecule has 0 bridgehead atoms. The van der Waals surface area contributed by atoms with Gasteiger partial charge in [-0.05, 0) is 37.9 Å². The van der Waals surface area contributed by atoms with Gasteiger partial charge in [0.25, 0.3) is 0 Å². The summed E-state index contributed by atoms with van der Waals surface area (Å²) in [6, 6.07) is 2.78. The van der Waals surface area contributed by atoms with Crippen molar-refractivity contribution in [2.24, 2.45) is 5.92 Å². The van der Waals surface area contributed by atoms with E-state index in [-0.39, 0.29) is 24.5 Å². The summed E-state index contributed by atoms with van der Waals surface area (Å²) < 4.78 is 0. The second kappa shape index (κ2) is 6.83. The lowest BCUT2D eigenvalue weighted by Crippen LogP contribution is -2.41. The van der Waals surface area contributed by atoms with Gasteiger partial charge in [0, 0.05) is 18.8 Å². The lowest BCUT2D eigenvalue weighted by atomic mass is 10.1. The third-order valence-electron chi connectivity index (χ3n) is 3.82. The number of nitrogens with zero attached hydrogens (tertiary/aromatic N) is 1. The maximum Gasteiger partial charge on any atom is 0.241 e. The third-order valence-corrected chi connectivity index (χ3v) is 4.41. The molecule has 2 atom stereocenters. The molecule has 4 N–H and O–H groups in total. The van der Waals surface area contributed by atoms with Crippen LogP contribution in [0, 0.1) is 5.92 Å². The maximum absolute atomic E-state index is 12.3. The number of hydrogen-bond donors (Lipinski definition) is 3. The zero-order valence-electron chi connectivity index (χ0n) is 11.8. The van der Waals surface area contributed by atoms with Gasteiger partial charge in [-0.2, -0.15) is 0 Å². The van der Waals surface area contributed by atoms with E-state index in [1.54, 1.807) is 12.1 Å². The molecule has 1 heterocycles. The van der Waals surface area contributed by atoms with Crippen molar-refractivity contribution in [1.29, 1.82) is 0 Å². The summed E-state index contributed by atoms with van der Waals surface area (Å²) in [6.45, 7) is 3.49. The highest BCUT2D eigenvalue weighted by Crippen LogP contribution is 2.33. The molecule has 21 heavy (non-hydrogen) atoms. The van der Waals surface area contributed by atoms with E-state index in [4.69, 9.17) is 34.0 Å². The molecule has 0 radical (unpaired) electrons. The molecule has 1 aromatic rings. The first kappa shape index (κ1) is 16.4. The normalized spacial score (nSPS) is 20.5. The van der Waals surface area contributed by atoms with E-state index in [2.05, 4.69) is 5.32 Å². The average molecular weight is 332 g/mol. The van der Waals surface area contributed by atoms with E-state index in [0.717, 1.165) is 13.0 Å². The Morgan fingerprint density at radius 2 is 2.14 bits per heavy atom. The number of nitrogens with two attached hydrogens (primary N) is 1. The van der Waals surface area contributed by atoms with E-state index in [1.165, 1.54) is 0 Å². The van der Waals surface area contributed by atoms with Crippen LogP contribution in [0.1, 0.15) is 13.3 Å². The van der Waals surface area contributed by atoms with Gasteiger partial charge in [-0.25, -0.2) is 0 Å². The molecule has 0 aromatic heterocycles. The number of likely N-dealkylation sites (tertiary alicyclic amines) is 1. The predicted octanol–water partition coefficient (Wildman–Crippen LogP) is 2.22. The molecule has 0 saturated carbocycles. The number of carbonyl (C=O) groups is 1. The maximum atomic E-state index is 12.3. The highest BCUT2D eigenvalue weighted by Gasteiger charge is 2.29. The van der Waals surface area contributed by atoms with Gasteiger partial charge < -0.3 is 16.2 Å². The van der Waals surface area contributed by atoms with Crippen molar-refractivity contribution in [3.05, 3.63) is 22.2 Å². The summed E-state index contributed by atoms with van der Waals surface area (Å²) in [7, 11) is 0. The fourth-order valence-electron chi connectivity index (χ4n) is 2.47. The van der Waals surface area contributed by atoms with E-state index >= 15 is 0 Å². The summed E-state index contributed by atoms with van der Waals surface area (Å²) in [5.74, 6) is 0.0612. The van der Waals surface area contributed by atoms with Crippen LogP contribution in [0.3, 0.4) is 0 Å². The molecule has 7 heteroatoms. The number of aliphatic hydroxyl groups excluding tert-OH is 1. The van der Waals surface area contributed by atoms with Gasteiger partial charge in [0.1, 0.15) is 0 Å². The lowest BCUT2D eigenvalue weighted by Gasteiger charge is -2.23. The Morgan fingerprint density at radius 1 is 1.52 bits per heavy atom. The minimum Gasteiger partial charge on any atom is -0.399 e. The Labute approximate surface area is 134 Å². The molecule has 116 valence electrons. The first-order valence-corrected chi connectivity index (χ1v) is 7.58. The number of rotatable bonds is 4. The summed E-state index contributed by atoms with van der Waals surface area (Å²) in [5, 5.41) is 12.5. The Kier molecular flexibility index (Phi) is 5.32. The SMILES string of the molecule is CC(C(=O)Nc1c(Cl)cc(N)cc1Cl)N1CCC(CO)C1. The van der Waals surface area contributed by atoms with Crippen LogP contribution in [-0.4, -0.2) is 41.7 Å². The smallest absolute Gasteiger partial charge is 0.241 e. The quantitative estimate of drug-likeness (QED) is 0.739. The molecular weight excluding hydrogens is 313 g/mol. The lowest BCUT2D eigenvalue weighted by molar-refractivity contribution is -0.120. The Bertz CT molecular complexity index is 516. The fourth-order valence-corrected chi connectivity index (χ4v) is 3.07. The van der Waals surface area contributed by atoms with Gasteiger partial charge in [0.05, 0.1) is 21.8 Å². The summed E-state index contributed by atoms with van der Waals surface area (Å²) >= 11 is 12.1. The number of aliphatic hydroxyl groups is 1. The summed E-state index contributed by atoms with van der Waals surface area (Å²) in [6.07, 6.45) is 0.900. The number of halogens is 2. The van der Waals surface area contributed by atoms with E-state index in [0.29, 0.717) is 28.0 Å². The fraction of sp³-hybridized carbons (Fsp3) is 0.500. The van der Waals surface area contributed by atoms with Gasteiger partial charge in [-0.15, -0.1) is 0 Å². The molecule has 1 aliphatic heterocycles. The van der Waals surface area contributed by atoms with Crippen LogP contribution < -0.4 is 11.1 Å². The van der Waals surface area contributed by atoms with E-state index in [9.17, 15) is 4.79 Å². The number of hydrogen-bond acceptors (Lipinski definition) is 4. The second-order valence-corrected chi connectivity index (χ2v) is 6.17. The number of amides is 1. The molecular formula is C14H19Cl2N3O2. The van der Waals surface area contributed by atoms with Crippen molar-refractivity contribution in [2.75, 3.05) is 30.7 Å². The Balaban J connectivity index is 2.05. The summed E-state index contributed by atoms with van der Waals surface area (Å²) in [4.78, 5) is 14.4. The van der Waals surface area contributed by atoms with Crippen molar-refractivity contribution in [1.82, 2.24) is 4.90 Å². The topological polar surface area (TPSA) is 78.6 Å². The molecule has 5 nitrogen and oxygen atoms in total. The zero-order chi connectivity index (χ0) is 15.6. The van der Waals surface area contributed by atoms with Crippen molar-refractivity contribution in [2.45, 2.75) is 19.4 Å². The second-order valence-electron chi connectivity index (χ2n) is 5.36. The van der Waals surface area contributed by atoms with Crippen LogP contribution in [0.5, 0.6) is 0 Å². The number of carbonyl (C=O) groups excluding carboxylic acids is 1. The Hall–Kier alpha value is -1.01. The monoisotopic (exact) mass is 331 g/mol. The minimum atomic E-state index is -0.314. The number of anilines is 2. The molecule has 2 rings (SSSR count). The van der Waals surface area contributed by atoms with Gasteiger partial charge in [0.2, 0.25) is 5.91 Å². The van der Waals surface area contributed by atoms with Crippen molar-refractivity contribution >= 4 is 40.5 Å². The number of nitrogens with one attached hydrogen (secondary N) is 1. The minimum absolute atomic E-state index is 0.153. The van der Waals surface area contributed by atoms with Crippen molar-refractivity contribution < 1.29 is 9.90 Å². The molecule has 1 fully saturated rings. The number of benzene rings is 1. The molecule has 0 aliphatic carbocycles. The molecule has 1 amide bonds. The number of nitrogen functional groups attached to an aromatic ring is 1. The molecule has 1 saturated heterocycles. The average Bonchev–Trinajstić information content (AvgIpc) is 2.90. The Morgan fingerprint density at radius 3 is 2.67 bits per heavy atom.